The third kappa shape index (κ3) is 4.43. The van der Waals surface area contributed by atoms with Crippen LogP contribution in [0.4, 0.5) is 26.3 Å². The van der Waals surface area contributed by atoms with Gasteiger partial charge in [0.15, 0.2) is 10.1 Å². The van der Waals surface area contributed by atoms with Crippen molar-refractivity contribution in [3.05, 3.63) is 60.7 Å². The summed E-state index contributed by atoms with van der Waals surface area (Å²) in [7, 11) is -6.09. The maximum Gasteiger partial charge on any atom is 0.573 e. The van der Waals surface area contributed by atoms with E-state index in [0.717, 1.165) is 16.3 Å². The van der Waals surface area contributed by atoms with E-state index in [9.17, 15) is 26.3 Å². The Balaban J connectivity index is 0.000000297. The third-order valence-electron chi connectivity index (χ3n) is 4.73. The Morgan fingerprint density at radius 2 is 1.41 bits per heavy atom. The molecule has 0 atom stereocenters. The van der Waals surface area contributed by atoms with E-state index in [1.807, 2.05) is 42.5 Å². The first-order valence-corrected chi connectivity index (χ1v) is 10.6. The number of rotatable bonds is 1. The number of aromatic nitrogens is 1. The summed E-state index contributed by atoms with van der Waals surface area (Å²) in [6, 6.07) is 17.6. The minimum absolute atomic E-state index is 0.262. The van der Waals surface area contributed by atoms with E-state index in [-0.39, 0.29) is 5.75 Å². The fraction of sp³-hybridized carbons (Fsp3) is 0.0952. The van der Waals surface area contributed by atoms with E-state index in [4.69, 9.17) is 17.7 Å². The van der Waals surface area contributed by atoms with Gasteiger partial charge in [-0.15, -0.1) is 13.2 Å². The van der Waals surface area contributed by atoms with Crippen molar-refractivity contribution in [1.82, 2.24) is 0 Å². The Bertz CT molecular complexity index is 1520. The van der Waals surface area contributed by atoms with Crippen LogP contribution in [0.3, 0.4) is 0 Å². The number of ether oxygens (including phenoxy) is 2. The number of pyridine rings is 1. The number of benzene rings is 3. The molecular weight excluding hydrogens is 492 g/mol. The van der Waals surface area contributed by atoms with Gasteiger partial charge in [-0.25, -0.2) is 13.4 Å². The summed E-state index contributed by atoms with van der Waals surface area (Å²) in [5, 5.41) is 2.27. The molecule has 0 saturated heterocycles. The van der Waals surface area contributed by atoms with Gasteiger partial charge in [0.05, 0.1) is 16.3 Å². The minimum atomic E-state index is -6.09. The van der Waals surface area contributed by atoms with Crippen molar-refractivity contribution in [3.63, 3.8) is 0 Å². The quantitative estimate of drug-likeness (QED) is 0.130. The zero-order chi connectivity index (χ0) is 24.9. The van der Waals surface area contributed by atoms with Gasteiger partial charge >= 0.3 is 11.9 Å². The van der Waals surface area contributed by atoms with E-state index in [0.29, 0.717) is 28.1 Å². The van der Waals surface area contributed by atoms with Crippen LogP contribution in [-0.4, -0.2) is 24.8 Å². The zero-order valence-corrected chi connectivity index (χ0v) is 17.3. The van der Waals surface area contributed by atoms with Crippen LogP contribution < -0.4 is 14.5 Å². The highest BCUT2D eigenvalue weighted by atomic mass is 32.2. The molecule has 0 unspecified atom stereocenters. The van der Waals surface area contributed by atoms with Crippen LogP contribution in [0.25, 0.3) is 32.9 Å². The predicted molar refractivity (Wildman–Crippen MR) is 106 cm³/mol. The number of aromatic amines is 1. The standard InChI is InChI=1S/C20H10F3NO2.CHF3O3S/c21-20(22,23)26-16-10-4-7-12-11-6-3-9-15-17(11)19(24-18(12)16)13-5-1-2-8-14(13)25-15;2-1(3,4)8(5,6)7/h1-10H;(H,5,6,7). The first kappa shape index (κ1) is 23.6. The van der Waals surface area contributed by atoms with Crippen molar-refractivity contribution in [2.75, 3.05) is 0 Å². The monoisotopic (exact) mass is 503 g/mol. The van der Waals surface area contributed by atoms with E-state index in [1.54, 1.807) is 12.1 Å². The largest absolute Gasteiger partial charge is 0.741 e. The third-order valence-corrected chi connectivity index (χ3v) is 5.30. The summed E-state index contributed by atoms with van der Waals surface area (Å²) < 4.78 is 108. The van der Waals surface area contributed by atoms with Gasteiger partial charge in [-0.2, -0.15) is 13.2 Å². The molecule has 5 rings (SSSR count). The molecule has 1 aliphatic rings. The number of hydrogen-bond donors (Lipinski definition) is 0. The van der Waals surface area contributed by atoms with Crippen LogP contribution >= 0.6 is 0 Å². The van der Waals surface area contributed by atoms with E-state index in [2.05, 4.69) is 9.72 Å². The molecule has 0 bridgehead atoms. The highest BCUT2D eigenvalue weighted by Gasteiger charge is 2.37. The Morgan fingerprint density at radius 1 is 0.824 bits per heavy atom. The summed E-state index contributed by atoms with van der Waals surface area (Å²) >= 11 is 0. The molecule has 6 nitrogen and oxygen atoms in total. The number of hydrogen-bond acceptors (Lipinski definition) is 5. The van der Waals surface area contributed by atoms with Crippen molar-refractivity contribution in [3.8, 4) is 28.5 Å². The van der Waals surface area contributed by atoms with Crippen LogP contribution in [0.2, 0.25) is 0 Å². The summed E-state index contributed by atoms with van der Waals surface area (Å²) in [5.74, 6) is 1.05. The van der Waals surface area contributed by atoms with Crippen molar-refractivity contribution in [2.24, 2.45) is 0 Å². The first-order valence-electron chi connectivity index (χ1n) is 9.22. The van der Waals surface area contributed by atoms with E-state index < -0.39 is 22.0 Å². The number of halogens is 6. The fourth-order valence-electron chi connectivity index (χ4n) is 3.46. The molecule has 2 heterocycles. The minimum Gasteiger partial charge on any atom is -0.741 e. The maximum atomic E-state index is 12.8. The van der Waals surface area contributed by atoms with Crippen molar-refractivity contribution < 1.29 is 53.8 Å². The number of alkyl halides is 6. The lowest BCUT2D eigenvalue weighted by molar-refractivity contribution is -0.334. The van der Waals surface area contributed by atoms with Crippen molar-refractivity contribution in [2.45, 2.75) is 11.9 Å². The van der Waals surface area contributed by atoms with E-state index >= 15 is 0 Å². The zero-order valence-electron chi connectivity index (χ0n) is 16.5. The molecule has 0 amide bonds. The van der Waals surface area contributed by atoms with Gasteiger partial charge in [0.2, 0.25) is 11.4 Å². The van der Waals surface area contributed by atoms with E-state index in [1.165, 1.54) is 6.07 Å². The molecular formula is C21H11F6NO5S. The first-order chi connectivity index (χ1) is 15.8. The lowest BCUT2D eigenvalue weighted by Crippen LogP contribution is -2.21. The molecule has 1 aliphatic heterocycles. The SMILES string of the molecule is FC(F)(F)Oc1cccc2c1[nH+]c1c3c(cccc32)Oc2ccccc2-1.O=S(=O)([O-])C(F)(F)F. The molecule has 1 N–H and O–H groups in total. The van der Waals surface area contributed by atoms with Crippen LogP contribution in [-0.2, 0) is 10.1 Å². The number of H-pyrrole nitrogens is 1. The van der Waals surface area contributed by atoms with Crippen LogP contribution in [0, 0.1) is 0 Å². The van der Waals surface area contributed by atoms with Gasteiger partial charge in [0, 0.05) is 5.39 Å². The topological polar surface area (TPSA) is 89.8 Å². The molecule has 34 heavy (non-hydrogen) atoms. The molecule has 0 radical (unpaired) electrons. The van der Waals surface area contributed by atoms with Gasteiger partial charge in [-0.1, -0.05) is 30.3 Å². The fourth-order valence-corrected chi connectivity index (χ4v) is 3.46. The average molecular weight is 503 g/mol. The molecule has 0 spiro atoms. The summed E-state index contributed by atoms with van der Waals surface area (Å²) in [6.45, 7) is 0. The molecule has 4 aromatic rings. The van der Waals surface area contributed by atoms with Crippen LogP contribution in [0.1, 0.15) is 0 Å². The summed E-state index contributed by atoms with van der Waals surface area (Å²) in [6.07, 6.45) is -4.77. The van der Waals surface area contributed by atoms with Crippen LogP contribution in [0.5, 0.6) is 17.2 Å². The number of para-hydroxylation sites is 2. The Kier molecular flexibility index (Phi) is 5.56. The molecule has 3 aromatic carbocycles. The highest BCUT2D eigenvalue weighted by Crippen LogP contribution is 2.46. The molecule has 178 valence electrons. The van der Waals surface area contributed by atoms with Gasteiger partial charge < -0.3 is 14.0 Å². The lowest BCUT2D eigenvalue weighted by atomic mass is 9.97. The average Bonchev–Trinajstić information content (AvgIpc) is 2.72. The van der Waals surface area contributed by atoms with Crippen molar-refractivity contribution >= 4 is 31.8 Å². The molecule has 0 fully saturated rings. The normalized spacial score (nSPS) is 13.0. The Morgan fingerprint density at radius 3 is 2.06 bits per heavy atom. The van der Waals surface area contributed by atoms with Gasteiger partial charge in [-0.3, -0.25) is 0 Å². The van der Waals surface area contributed by atoms with Crippen molar-refractivity contribution in [1.29, 1.82) is 0 Å². The lowest BCUT2D eigenvalue weighted by Gasteiger charge is -2.18. The maximum absolute atomic E-state index is 12.8. The second-order valence-electron chi connectivity index (χ2n) is 6.90. The second-order valence-corrected chi connectivity index (χ2v) is 8.27. The Labute approximate surface area is 187 Å². The smallest absolute Gasteiger partial charge is 0.573 e. The summed E-state index contributed by atoms with van der Waals surface area (Å²) in [5.41, 5.74) is -3.85. The van der Waals surface area contributed by atoms with Gasteiger partial charge in [-0.05, 0) is 30.3 Å². The van der Waals surface area contributed by atoms with Gasteiger partial charge in [0.25, 0.3) is 5.52 Å². The van der Waals surface area contributed by atoms with Gasteiger partial charge in [0.1, 0.15) is 11.5 Å². The van der Waals surface area contributed by atoms with Crippen LogP contribution in [0.15, 0.2) is 60.7 Å². The summed E-state index contributed by atoms with van der Waals surface area (Å²) in [4.78, 5) is 3.15. The molecule has 0 aliphatic carbocycles. The highest BCUT2D eigenvalue weighted by molar-refractivity contribution is 7.86. The second kappa shape index (κ2) is 8.02. The number of nitrogens with one attached hydrogen (secondary N) is 1. The number of fused-ring (bicyclic) bond motifs is 4. The Hall–Kier alpha value is -3.58. The molecule has 13 heteroatoms. The predicted octanol–water partition coefficient (Wildman–Crippen LogP) is 5.53. The molecule has 1 aromatic heterocycles. The molecule has 0 saturated carbocycles.